The molecule has 2 N–H and O–H groups in total. The summed E-state index contributed by atoms with van der Waals surface area (Å²) >= 11 is 0. The number of amides is 2. The molecule has 2 aromatic heterocycles. The second-order valence-electron chi connectivity index (χ2n) is 6.56. The lowest BCUT2D eigenvalue weighted by atomic mass is 10.1. The Balaban J connectivity index is 1.70. The number of nitrogens with zero attached hydrogens (tertiary/aromatic N) is 2. The molecule has 0 aliphatic carbocycles. The highest BCUT2D eigenvalue weighted by Crippen LogP contribution is 2.24. The Morgan fingerprint density at radius 3 is 2.52 bits per heavy atom. The van der Waals surface area contributed by atoms with Crippen LogP contribution in [0.3, 0.4) is 0 Å². The highest BCUT2D eigenvalue weighted by atomic mass is 16.5. The van der Waals surface area contributed by atoms with Crippen LogP contribution in [-0.2, 0) is 13.2 Å². The van der Waals surface area contributed by atoms with E-state index in [0.717, 1.165) is 16.9 Å². The van der Waals surface area contributed by atoms with Crippen LogP contribution in [0.2, 0.25) is 0 Å². The molecule has 3 rings (SSSR count). The zero-order valence-corrected chi connectivity index (χ0v) is 16.9. The number of rotatable bonds is 7. The van der Waals surface area contributed by atoms with E-state index in [4.69, 9.17) is 9.15 Å². The summed E-state index contributed by atoms with van der Waals surface area (Å²) in [6, 6.07) is 9.19. The Morgan fingerprint density at radius 1 is 1.14 bits per heavy atom. The van der Waals surface area contributed by atoms with Gasteiger partial charge in [0.05, 0.1) is 5.69 Å². The number of carbonyl (C=O) groups is 2. The SMILES string of the molecule is CCn1cc(NC(=O)c2ccc(COc3c(C)cccc3C)o2)c(C(=O)NC)n1. The molecule has 0 bridgehead atoms. The van der Waals surface area contributed by atoms with Crippen molar-refractivity contribution < 1.29 is 18.7 Å². The predicted molar refractivity (Wildman–Crippen MR) is 108 cm³/mol. The van der Waals surface area contributed by atoms with E-state index < -0.39 is 5.91 Å². The van der Waals surface area contributed by atoms with Gasteiger partial charge in [0.2, 0.25) is 0 Å². The van der Waals surface area contributed by atoms with Gasteiger partial charge in [-0.05, 0) is 44.0 Å². The van der Waals surface area contributed by atoms with Crippen LogP contribution in [0, 0.1) is 13.8 Å². The molecule has 8 nitrogen and oxygen atoms in total. The van der Waals surface area contributed by atoms with E-state index in [0.29, 0.717) is 18.0 Å². The highest BCUT2D eigenvalue weighted by Gasteiger charge is 2.20. The zero-order chi connectivity index (χ0) is 21.0. The van der Waals surface area contributed by atoms with Crippen LogP contribution >= 0.6 is 0 Å². The molecule has 152 valence electrons. The molecule has 0 spiro atoms. The molecule has 2 heterocycles. The second-order valence-corrected chi connectivity index (χ2v) is 6.56. The second kappa shape index (κ2) is 8.64. The summed E-state index contributed by atoms with van der Waals surface area (Å²) in [5, 5.41) is 9.37. The maximum atomic E-state index is 12.6. The topological polar surface area (TPSA) is 98.4 Å². The Kier molecular flexibility index (Phi) is 6.01. The molecule has 0 saturated carbocycles. The van der Waals surface area contributed by atoms with Crippen molar-refractivity contribution in [3.05, 3.63) is 64.9 Å². The van der Waals surface area contributed by atoms with Gasteiger partial charge in [0.25, 0.3) is 11.8 Å². The third kappa shape index (κ3) is 4.48. The van der Waals surface area contributed by atoms with Crippen molar-refractivity contribution in [1.29, 1.82) is 0 Å². The number of carbonyl (C=O) groups excluding carboxylic acids is 2. The van der Waals surface area contributed by atoms with Gasteiger partial charge in [-0.3, -0.25) is 14.3 Å². The van der Waals surface area contributed by atoms with Gasteiger partial charge in [0, 0.05) is 19.8 Å². The molecule has 8 heteroatoms. The van der Waals surface area contributed by atoms with Gasteiger partial charge < -0.3 is 19.8 Å². The van der Waals surface area contributed by atoms with E-state index in [2.05, 4.69) is 15.7 Å². The molecular formula is C21H24N4O4. The fraction of sp³-hybridized carbons (Fsp3) is 0.286. The number of hydrogen-bond acceptors (Lipinski definition) is 5. The molecule has 2 amide bonds. The first-order valence-corrected chi connectivity index (χ1v) is 9.31. The summed E-state index contributed by atoms with van der Waals surface area (Å²) in [6.07, 6.45) is 1.61. The Labute approximate surface area is 168 Å². The maximum absolute atomic E-state index is 12.6. The largest absolute Gasteiger partial charge is 0.485 e. The van der Waals surface area contributed by atoms with Gasteiger partial charge >= 0.3 is 0 Å². The van der Waals surface area contributed by atoms with Gasteiger partial charge in [0.1, 0.15) is 18.1 Å². The number of nitrogens with one attached hydrogen (secondary N) is 2. The van der Waals surface area contributed by atoms with Crippen molar-refractivity contribution in [2.24, 2.45) is 0 Å². The Bertz CT molecular complexity index is 1010. The summed E-state index contributed by atoms with van der Waals surface area (Å²) in [5.41, 5.74) is 2.53. The lowest BCUT2D eigenvalue weighted by Crippen LogP contribution is -2.21. The van der Waals surface area contributed by atoms with Gasteiger partial charge in [-0.15, -0.1) is 0 Å². The van der Waals surface area contributed by atoms with Crippen LogP contribution in [0.5, 0.6) is 5.75 Å². The number of aryl methyl sites for hydroxylation is 3. The van der Waals surface area contributed by atoms with E-state index in [1.165, 1.54) is 7.05 Å². The van der Waals surface area contributed by atoms with Crippen molar-refractivity contribution in [3.8, 4) is 5.75 Å². The van der Waals surface area contributed by atoms with E-state index in [1.54, 1.807) is 23.0 Å². The maximum Gasteiger partial charge on any atom is 0.291 e. The first-order chi connectivity index (χ1) is 13.9. The third-order valence-corrected chi connectivity index (χ3v) is 4.43. The van der Waals surface area contributed by atoms with Crippen molar-refractivity contribution in [3.63, 3.8) is 0 Å². The number of hydrogen-bond donors (Lipinski definition) is 2. The first kappa shape index (κ1) is 20.2. The normalized spacial score (nSPS) is 10.6. The molecule has 0 unspecified atom stereocenters. The minimum absolute atomic E-state index is 0.122. The van der Waals surface area contributed by atoms with Gasteiger partial charge in [0.15, 0.2) is 11.5 Å². The van der Waals surface area contributed by atoms with Crippen LogP contribution in [0.4, 0.5) is 5.69 Å². The van der Waals surface area contributed by atoms with Crippen molar-refractivity contribution >= 4 is 17.5 Å². The fourth-order valence-electron chi connectivity index (χ4n) is 2.89. The van der Waals surface area contributed by atoms with Crippen molar-refractivity contribution in [2.75, 3.05) is 12.4 Å². The van der Waals surface area contributed by atoms with Crippen LogP contribution in [0.25, 0.3) is 0 Å². The van der Waals surface area contributed by atoms with E-state index >= 15 is 0 Å². The quantitative estimate of drug-likeness (QED) is 0.638. The summed E-state index contributed by atoms with van der Waals surface area (Å²) in [5.74, 6) is 0.599. The van der Waals surface area contributed by atoms with E-state index in [-0.39, 0.29) is 24.0 Å². The number of aromatic nitrogens is 2. The first-order valence-electron chi connectivity index (χ1n) is 9.31. The van der Waals surface area contributed by atoms with Crippen LogP contribution in [-0.4, -0.2) is 28.6 Å². The number of anilines is 1. The molecule has 1 aromatic carbocycles. The minimum atomic E-state index is -0.468. The number of furan rings is 1. The summed E-state index contributed by atoms with van der Waals surface area (Å²) in [4.78, 5) is 24.5. The number of benzene rings is 1. The third-order valence-electron chi connectivity index (χ3n) is 4.43. The average Bonchev–Trinajstić information content (AvgIpc) is 3.34. The lowest BCUT2D eigenvalue weighted by Gasteiger charge is -2.10. The van der Waals surface area contributed by atoms with Crippen LogP contribution in [0.1, 0.15) is 44.9 Å². The fourth-order valence-corrected chi connectivity index (χ4v) is 2.89. The van der Waals surface area contributed by atoms with Crippen LogP contribution in [0.15, 0.2) is 40.9 Å². The number of ether oxygens (including phenoxy) is 1. The molecule has 29 heavy (non-hydrogen) atoms. The molecule has 0 fully saturated rings. The van der Waals surface area contributed by atoms with E-state index in [9.17, 15) is 9.59 Å². The molecule has 0 saturated heterocycles. The smallest absolute Gasteiger partial charge is 0.291 e. The Morgan fingerprint density at radius 2 is 1.86 bits per heavy atom. The van der Waals surface area contributed by atoms with E-state index in [1.807, 2.05) is 39.0 Å². The summed E-state index contributed by atoms with van der Waals surface area (Å²) in [7, 11) is 1.51. The Hall–Kier alpha value is -3.55. The summed E-state index contributed by atoms with van der Waals surface area (Å²) in [6.45, 7) is 6.62. The number of para-hydroxylation sites is 1. The van der Waals surface area contributed by atoms with Crippen LogP contribution < -0.4 is 15.4 Å². The van der Waals surface area contributed by atoms with Crippen molar-refractivity contribution in [2.45, 2.75) is 33.9 Å². The van der Waals surface area contributed by atoms with Gasteiger partial charge in [-0.2, -0.15) is 5.10 Å². The highest BCUT2D eigenvalue weighted by molar-refractivity contribution is 6.06. The van der Waals surface area contributed by atoms with Gasteiger partial charge in [-0.1, -0.05) is 18.2 Å². The minimum Gasteiger partial charge on any atom is -0.485 e. The van der Waals surface area contributed by atoms with Crippen molar-refractivity contribution in [1.82, 2.24) is 15.1 Å². The zero-order valence-electron chi connectivity index (χ0n) is 16.9. The molecule has 0 radical (unpaired) electrons. The average molecular weight is 396 g/mol. The molecule has 0 atom stereocenters. The molecule has 0 aliphatic heterocycles. The standard InChI is InChI=1S/C21H24N4O4/c1-5-25-11-16(18(24-25)21(27)22-4)23-20(26)17-10-9-15(29-17)12-28-19-13(2)7-6-8-14(19)3/h6-11H,5,12H2,1-4H3,(H,22,27)(H,23,26). The molecular weight excluding hydrogens is 372 g/mol. The molecule has 3 aromatic rings. The summed E-state index contributed by atoms with van der Waals surface area (Å²) < 4.78 is 13.0. The molecule has 0 aliphatic rings. The predicted octanol–water partition coefficient (Wildman–Crippen LogP) is 3.30. The monoisotopic (exact) mass is 396 g/mol. The lowest BCUT2D eigenvalue weighted by molar-refractivity contribution is 0.0958. The van der Waals surface area contributed by atoms with Gasteiger partial charge in [-0.25, -0.2) is 0 Å².